The molecule has 3 N–H and O–H groups in total. The molecule has 0 saturated carbocycles. The minimum Gasteiger partial charge on any atom is -0.395 e. The number of rotatable bonds is 7. The number of halogens is 3. The lowest BCUT2D eigenvalue weighted by Crippen LogP contribution is -2.58. The molecule has 0 saturated heterocycles. The van der Waals surface area contributed by atoms with Gasteiger partial charge in [-0.15, -0.1) is 0 Å². The van der Waals surface area contributed by atoms with Crippen LogP contribution in [0.2, 0.25) is 0 Å². The summed E-state index contributed by atoms with van der Waals surface area (Å²) < 4.78 is 38.9. The topological polar surface area (TPSA) is 49.5 Å². The Hall–Kier alpha value is -0.330. The summed E-state index contributed by atoms with van der Waals surface area (Å²) in [7, 11) is 0. The van der Waals surface area contributed by atoms with Crippen LogP contribution in [0.5, 0.6) is 0 Å². The Bertz CT molecular complexity index is 205. The molecule has 17 heavy (non-hydrogen) atoms. The van der Waals surface area contributed by atoms with Crippen molar-refractivity contribution in [1.29, 1.82) is 0 Å². The van der Waals surface area contributed by atoms with Gasteiger partial charge in [-0.05, 0) is 19.8 Å². The van der Waals surface area contributed by atoms with Crippen LogP contribution in [0.1, 0.15) is 33.6 Å². The van der Waals surface area contributed by atoms with Gasteiger partial charge in [0.05, 0.1) is 6.61 Å². The molecule has 3 nitrogen and oxygen atoms in total. The fourth-order valence-electron chi connectivity index (χ4n) is 2.21. The second-order valence-electron chi connectivity index (χ2n) is 4.28. The third-order valence-electron chi connectivity index (χ3n) is 2.96. The van der Waals surface area contributed by atoms with Crippen LogP contribution in [0.4, 0.5) is 13.2 Å². The molecule has 104 valence electrons. The highest BCUT2D eigenvalue weighted by Crippen LogP contribution is 2.29. The van der Waals surface area contributed by atoms with Gasteiger partial charge in [-0.1, -0.05) is 13.8 Å². The highest BCUT2D eigenvalue weighted by atomic mass is 19.4. The third kappa shape index (κ3) is 4.81. The van der Waals surface area contributed by atoms with Crippen LogP contribution in [0, 0.1) is 0 Å². The Morgan fingerprint density at radius 1 is 1.24 bits per heavy atom. The highest BCUT2D eigenvalue weighted by Gasteiger charge is 2.47. The molecule has 0 aliphatic rings. The molecule has 0 spiro atoms. The molecule has 0 aromatic carbocycles. The largest absolute Gasteiger partial charge is 0.405 e. The fourth-order valence-corrected chi connectivity index (χ4v) is 2.21. The molecule has 0 amide bonds. The first-order chi connectivity index (χ1) is 7.79. The van der Waals surface area contributed by atoms with Crippen molar-refractivity contribution in [2.45, 2.75) is 57.9 Å². The van der Waals surface area contributed by atoms with Gasteiger partial charge in [0, 0.05) is 18.6 Å². The van der Waals surface area contributed by atoms with Crippen LogP contribution in [-0.2, 0) is 0 Å². The number of hydrogen-bond acceptors (Lipinski definition) is 3. The van der Waals surface area contributed by atoms with Crippen molar-refractivity contribution < 1.29 is 18.3 Å². The monoisotopic (exact) mass is 256 g/mol. The first kappa shape index (κ1) is 16.7. The third-order valence-corrected chi connectivity index (χ3v) is 2.96. The minimum atomic E-state index is -4.37. The smallest absolute Gasteiger partial charge is 0.395 e. The maximum Gasteiger partial charge on any atom is 0.405 e. The predicted molar refractivity (Wildman–Crippen MR) is 61.7 cm³/mol. The second kappa shape index (κ2) is 7.18. The normalized spacial score (nSPS) is 16.6. The van der Waals surface area contributed by atoms with Crippen molar-refractivity contribution in [2.24, 2.45) is 5.73 Å². The lowest BCUT2D eigenvalue weighted by Gasteiger charge is -2.39. The SMILES string of the molecule is CCC(CC)N(CCO)C(C(C)N)C(F)(F)F. The van der Waals surface area contributed by atoms with E-state index >= 15 is 0 Å². The number of aliphatic hydroxyl groups is 1. The van der Waals surface area contributed by atoms with E-state index in [1.54, 1.807) is 0 Å². The van der Waals surface area contributed by atoms with E-state index in [4.69, 9.17) is 10.8 Å². The van der Waals surface area contributed by atoms with E-state index in [1.165, 1.54) is 11.8 Å². The molecular weight excluding hydrogens is 233 g/mol. The predicted octanol–water partition coefficient (Wildman–Crippen LogP) is 1.75. The van der Waals surface area contributed by atoms with Crippen molar-refractivity contribution in [3.8, 4) is 0 Å². The van der Waals surface area contributed by atoms with E-state index in [9.17, 15) is 13.2 Å². The summed E-state index contributed by atoms with van der Waals surface area (Å²) in [5.74, 6) is 0. The van der Waals surface area contributed by atoms with E-state index in [-0.39, 0.29) is 19.2 Å². The Labute approximate surface area is 101 Å². The zero-order chi connectivity index (χ0) is 13.6. The first-order valence-corrected chi connectivity index (χ1v) is 5.98. The van der Waals surface area contributed by atoms with E-state index in [0.717, 1.165) is 0 Å². The van der Waals surface area contributed by atoms with Crippen molar-refractivity contribution in [3.05, 3.63) is 0 Å². The molecule has 0 rings (SSSR count). The van der Waals surface area contributed by atoms with Crippen molar-refractivity contribution in [2.75, 3.05) is 13.2 Å². The Morgan fingerprint density at radius 3 is 1.94 bits per heavy atom. The van der Waals surface area contributed by atoms with Gasteiger partial charge in [-0.25, -0.2) is 0 Å². The Morgan fingerprint density at radius 2 is 1.71 bits per heavy atom. The lowest BCUT2D eigenvalue weighted by atomic mass is 10.0. The Kier molecular flexibility index (Phi) is 7.04. The highest BCUT2D eigenvalue weighted by molar-refractivity contribution is 4.88. The second-order valence-corrected chi connectivity index (χ2v) is 4.28. The van der Waals surface area contributed by atoms with Crippen molar-refractivity contribution in [1.82, 2.24) is 4.90 Å². The number of nitrogens with two attached hydrogens (primary N) is 1. The molecule has 0 aliphatic carbocycles. The van der Waals surface area contributed by atoms with E-state index < -0.39 is 18.3 Å². The average Bonchev–Trinajstić information content (AvgIpc) is 2.17. The molecule has 2 atom stereocenters. The number of hydrogen-bond donors (Lipinski definition) is 2. The molecule has 6 heteroatoms. The van der Waals surface area contributed by atoms with Gasteiger partial charge in [-0.2, -0.15) is 13.2 Å². The average molecular weight is 256 g/mol. The summed E-state index contributed by atoms with van der Waals surface area (Å²) >= 11 is 0. The van der Waals surface area contributed by atoms with Crippen LogP contribution in [0.15, 0.2) is 0 Å². The van der Waals surface area contributed by atoms with Gasteiger partial charge < -0.3 is 10.8 Å². The van der Waals surface area contributed by atoms with E-state index in [0.29, 0.717) is 12.8 Å². The van der Waals surface area contributed by atoms with E-state index in [1.807, 2.05) is 13.8 Å². The number of alkyl halides is 3. The van der Waals surface area contributed by atoms with Crippen LogP contribution in [0.3, 0.4) is 0 Å². The maximum absolute atomic E-state index is 13.0. The molecule has 2 unspecified atom stereocenters. The van der Waals surface area contributed by atoms with Crippen LogP contribution < -0.4 is 5.73 Å². The summed E-state index contributed by atoms with van der Waals surface area (Å²) in [6.07, 6.45) is -3.16. The van der Waals surface area contributed by atoms with Gasteiger partial charge in [0.2, 0.25) is 0 Å². The van der Waals surface area contributed by atoms with Gasteiger partial charge in [0.1, 0.15) is 6.04 Å². The van der Waals surface area contributed by atoms with Gasteiger partial charge >= 0.3 is 6.18 Å². The van der Waals surface area contributed by atoms with Crippen molar-refractivity contribution in [3.63, 3.8) is 0 Å². The van der Waals surface area contributed by atoms with E-state index in [2.05, 4.69) is 0 Å². The lowest BCUT2D eigenvalue weighted by molar-refractivity contribution is -0.195. The molecule has 0 heterocycles. The van der Waals surface area contributed by atoms with Gasteiger partial charge in [0.25, 0.3) is 0 Å². The first-order valence-electron chi connectivity index (χ1n) is 5.98. The van der Waals surface area contributed by atoms with Crippen LogP contribution >= 0.6 is 0 Å². The Balaban J connectivity index is 5.08. The fraction of sp³-hybridized carbons (Fsp3) is 1.00. The summed E-state index contributed by atoms with van der Waals surface area (Å²) in [6.45, 7) is 4.74. The van der Waals surface area contributed by atoms with Gasteiger partial charge in [0.15, 0.2) is 0 Å². The maximum atomic E-state index is 13.0. The minimum absolute atomic E-state index is 0.00192. The summed E-state index contributed by atoms with van der Waals surface area (Å²) in [6, 6.07) is -2.92. The molecule has 0 aliphatic heterocycles. The molecule has 0 aromatic rings. The number of aliphatic hydroxyl groups excluding tert-OH is 1. The zero-order valence-electron chi connectivity index (χ0n) is 10.7. The molecule has 0 fully saturated rings. The quantitative estimate of drug-likeness (QED) is 0.729. The molecular formula is C11H23F3N2O. The summed E-state index contributed by atoms with van der Waals surface area (Å²) in [5.41, 5.74) is 5.46. The number of nitrogens with zero attached hydrogens (tertiary/aromatic N) is 1. The molecule has 0 radical (unpaired) electrons. The zero-order valence-corrected chi connectivity index (χ0v) is 10.7. The summed E-state index contributed by atoms with van der Waals surface area (Å²) in [5, 5.41) is 8.92. The molecule has 0 bridgehead atoms. The summed E-state index contributed by atoms with van der Waals surface area (Å²) in [4.78, 5) is 1.28. The van der Waals surface area contributed by atoms with Crippen molar-refractivity contribution >= 4 is 0 Å². The molecule has 0 aromatic heterocycles. The van der Waals surface area contributed by atoms with Crippen LogP contribution in [0.25, 0.3) is 0 Å². The van der Waals surface area contributed by atoms with Crippen LogP contribution in [-0.4, -0.2) is 47.5 Å². The van der Waals surface area contributed by atoms with Gasteiger partial charge in [-0.3, -0.25) is 4.90 Å². The standard InChI is InChI=1S/C11H23F3N2O/c1-4-9(5-2)16(6-7-17)10(8(3)15)11(12,13)14/h8-10,17H,4-7,15H2,1-3H3.